The molecule has 0 N–H and O–H groups in total. The average Bonchev–Trinajstić information content (AvgIpc) is 2.79. The first-order valence-electron chi connectivity index (χ1n) is 11.3. The molecule has 0 atom stereocenters. The molecule has 2 aromatic rings. The van der Waals surface area contributed by atoms with Crippen LogP contribution in [0.2, 0.25) is 0 Å². The summed E-state index contributed by atoms with van der Waals surface area (Å²) >= 11 is 0. The van der Waals surface area contributed by atoms with Gasteiger partial charge in [0.1, 0.15) is 5.75 Å². The van der Waals surface area contributed by atoms with Crippen molar-refractivity contribution in [3.63, 3.8) is 0 Å². The normalized spacial score (nSPS) is 18.4. The van der Waals surface area contributed by atoms with Gasteiger partial charge in [-0.15, -0.1) is 0 Å². The zero-order chi connectivity index (χ0) is 19.7. The molecule has 0 saturated carbocycles. The number of hydrogen-bond donors (Lipinski definition) is 0. The second-order valence-electron chi connectivity index (χ2n) is 8.33. The molecular weight excluding hydrogens is 356 g/mol. The Morgan fingerprint density at radius 3 is 2.31 bits per heavy atom. The predicted molar refractivity (Wildman–Crippen MR) is 121 cm³/mol. The van der Waals surface area contributed by atoms with E-state index in [1.54, 1.807) is 0 Å². The minimum atomic E-state index is 0.812. The summed E-state index contributed by atoms with van der Waals surface area (Å²) in [4.78, 5) is 5.09. The summed E-state index contributed by atoms with van der Waals surface area (Å²) in [6, 6.07) is 19.5. The Labute approximate surface area is 176 Å². The van der Waals surface area contributed by atoms with Gasteiger partial charge >= 0.3 is 0 Å². The standard InChI is InChI=1S/C26H34N2O/c1-3-8-23(9-4-1)22-28-19-14-25(15-20-28)24-10-12-26(13-11-24)29-21-7-18-27-16-5-2-6-17-27/h1,3-4,8-14H,2,5-7,15-22H2. The maximum atomic E-state index is 5.97. The van der Waals surface area contributed by atoms with Crippen LogP contribution in [0.5, 0.6) is 5.75 Å². The minimum absolute atomic E-state index is 0.812. The smallest absolute Gasteiger partial charge is 0.119 e. The van der Waals surface area contributed by atoms with Gasteiger partial charge in [-0.3, -0.25) is 4.90 Å². The number of piperidine rings is 1. The molecule has 3 nitrogen and oxygen atoms in total. The van der Waals surface area contributed by atoms with Crippen LogP contribution >= 0.6 is 0 Å². The topological polar surface area (TPSA) is 15.7 Å². The highest BCUT2D eigenvalue weighted by molar-refractivity contribution is 5.67. The Kier molecular flexibility index (Phi) is 7.39. The van der Waals surface area contributed by atoms with E-state index < -0.39 is 0 Å². The third-order valence-electron chi connectivity index (χ3n) is 6.10. The first-order chi connectivity index (χ1) is 14.4. The lowest BCUT2D eigenvalue weighted by atomic mass is 9.99. The summed E-state index contributed by atoms with van der Waals surface area (Å²) in [6.45, 7) is 7.71. The van der Waals surface area contributed by atoms with Gasteiger partial charge in [0.25, 0.3) is 0 Å². The molecular formula is C26H34N2O. The number of likely N-dealkylation sites (tertiary alicyclic amines) is 1. The molecule has 0 amide bonds. The molecule has 0 aromatic heterocycles. The van der Waals surface area contributed by atoms with Crippen molar-refractivity contribution in [2.24, 2.45) is 0 Å². The highest BCUT2D eigenvalue weighted by Gasteiger charge is 2.13. The Bertz CT molecular complexity index is 763. The van der Waals surface area contributed by atoms with Gasteiger partial charge < -0.3 is 9.64 Å². The Morgan fingerprint density at radius 1 is 0.793 bits per heavy atom. The maximum absolute atomic E-state index is 5.97. The lowest BCUT2D eigenvalue weighted by Gasteiger charge is -2.26. The van der Waals surface area contributed by atoms with E-state index in [4.69, 9.17) is 4.74 Å². The number of rotatable bonds is 8. The lowest BCUT2D eigenvalue weighted by Crippen LogP contribution is -2.31. The molecule has 0 spiro atoms. The van der Waals surface area contributed by atoms with Gasteiger partial charge in [-0.2, -0.15) is 0 Å². The van der Waals surface area contributed by atoms with Crippen molar-refractivity contribution >= 4 is 5.57 Å². The molecule has 1 saturated heterocycles. The molecule has 2 aliphatic rings. The van der Waals surface area contributed by atoms with Gasteiger partial charge in [0, 0.05) is 26.2 Å². The predicted octanol–water partition coefficient (Wildman–Crippen LogP) is 5.23. The van der Waals surface area contributed by atoms with Crippen LogP contribution in [-0.4, -0.2) is 49.1 Å². The van der Waals surface area contributed by atoms with Crippen molar-refractivity contribution in [3.05, 3.63) is 71.8 Å². The number of hydrogen-bond acceptors (Lipinski definition) is 3. The summed E-state index contributed by atoms with van der Waals surface area (Å²) in [6.07, 6.45) is 8.75. The van der Waals surface area contributed by atoms with Crippen LogP contribution in [0.15, 0.2) is 60.7 Å². The quantitative estimate of drug-likeness (QED) is 0.574. The summed E-state index contributed by atoms with van der Waals surface area (Å²) < 4.78 is 5.97. The van der Waals surface area contributed by atoms with Crippen LogP contribution < -0.4 is 4.74 Å². The van der Waals surface area contributed by atoms with Gasteiger partial charge in [-0.05, 0) is 67.6 Å². The second-order valence-corrected chi connectivity index (χ2v) is 8.33. The lowest BCUT2D eigenvalue weighted by molar-refractivity contribution is 0.205. The molecule has 2 aliphatic heterocycles. The van der Waals surface area contributed by atoms with Crippen LogP contribution in [0.25, 0.3) is 5.57 Å². The largest absolute Gasteiger partial charge is 0.494 e. The van der Waals surface area contributed by atoms with Crippen LogP contribution in [0, 0.1) is 0 Å². The molecule has 0 aliphatic carbocycles. The maximum Gasteiger partial charge on any atom is 0.119 e. The van der Waals surface area contributed by atoms with E-state index in [-0.39, 0.29) is 0 Å². The monoisotopic (exact) mass is 390 g/mol. The molecule has 0 radical (unpaired) electrons. The van der Waals surface area contributed by atoms with Gasteiger partial charge in [0.2, 0.25) is 0 Å². The van der Waals surface area contributed by atoms with Crippen LogP contribution in [-0.2, 0) is 6.54 Å². The SMILES string of the molecule is C1=C(c2ccc(OCCCN3CCCCC3)cc2)CCN(Cc2ccccc2)C1. The molecule has 154 valence electrons. The van der Waals surface area contributed by atoms with E-state index in [0.717, 1.165) is 44.8 Å². The van der Waals surface area contributed by atoms with Gasteiger partial charge in [0.15, 0.2) is 0 Å². The first-order valence-corrected chi connectivity index (χ1v) is 11.3. The molecule has 2 aromatic carbocycles. The summed E-state index contributed by atoms with van der Waals surface area (Å²) in [5, 5.41) is 0. The number of nitrogens with zero attached hydrogens (tertiary/aromatic N) is 2. The van der Waals surface area contributed by atoms with E-state index in [9.17, 15) is 0 Å². The van der Waals surface area contributed by atoms with E-state index in [1.807, 2.05) is 0 Å². The summed E-state index contributed by atoms with van der Waals surface area (Å²) in [5.74, 6) is 0.995. The Hall–Kier alpha value is -2.10. The fourth-order valence-electron chi connectivity index (χ4n) is 4.39. The van der Waals surface area contributed by atoms with Crippen molar-refractivity contribution < 1.29 is 4.74 Å². The molecule has 29 heavy (non-hydrogen) atoms. The molecule has 3 heteroatoms. The van der Waals surface area contributed by atoms with Crippen molar-refractivity contribution in [3.8, 4) is 5.75 Å². The van der Waals surface area contributed by atoms with Gasteiger partial charge in [0.05, 0.1) is 6.61 Å². The highest BCUT2D eigenvalue weighted by Crippen LogP contribution is 2.25. The molecule has 4 rings (SSSR count). The number of ether oxygens (including phenoxy) is 1. The fourth-order valence-corrected chi connectivity index (χ4v) is 4.39. The first kappa shape index (κ1) is 20.2. The third-order valence-corrected chi connectivity index (χ3v) is 6.10. The van der Waals surface area contributed by atoms with Crippen molar-refractivity contribution in [2.45, 2.75) is 38.6 Å². The fraction of sp³-hybridized carbons (Fsp3) is 0.462. The zero-order valence-corrected chi connectivity index (χ0v) is 17.6. The summed E-state index contributed by atoms with van der Waals surface area (Å²) in [5.41, 5.74) is 4.20. The van der Waals surface area contributed by atoms with E-state index in [0.29, 0.717) is 0 Å². The molecule has 1 fully saturated rings. The Morgan fingerprint density at radius 2 is 1.59 bits per heavy atom. The van der Waals surface area contributed by atoms with Crippen molar-refractivity contribution in [2.75, 3.05) is 39.3 Å². The van der Waals surface area contributed by atoms with Crippen molar-refractivity contribution in [1.29, 1.82) is 0 Å². The van der Waals surface area contributed by atoms with Crippen molar-refractivity contribution in [1.82, 2.24) is 9.80 Å². The highest BCUT2D eigenvalue weighted by atomic mass is 16.5. The van der Waals surface area contributed by atoms with Crippen LogP contribution in [0.4, 0.5) is 0 Å². The zero-order valence-electron chi connectivity index (χ0n) is 17.6. The van der Waals surface area contributed by atoms with Gasteiger partial charge in [-0.1, -0.05) is 55.0 Å². The van der Waals surface area contributed by atoms with E-state index in [1.165, 1.54) is 55.6 Å². The molecule has 0 unspecified atom stereocenters. The number of benzene rings is 2. The minimum Gasteiger partial charge on any atom is -0.494 e. The van der Waals surface area contributed by atoms with E-state index in [2.05, 4.69) is 70.5 Å². The van der Waals surface area contributed by atoms with Gasteiger partial charge in [-0.25, -0.2) is 0 Å². The molecule has 0 bridgehead atoms. The Balaban J connectivity index is 1.20. The van der Waals surface area contributed by atoms with Crippen LogP contribution in [0.3, 0.4) is 0 Å². The van der Waals surface area contributed by atoms with E-state index >= 15 is 0 Å². The summed E-state index contributed by atoms with van der Waals surface area (Å²) in [7, 11) is 0. The second kappa shape index (κ2) is 10.6. The van der Waals surface area contributed by atoms with Crippen LogP contribution in [0.1, 0.15) is 43.2 Å². The molecule has 2 heterocycles. The average molecular weight is 391 g/mol. The third kappa shape index (κ3) is 6.19.